The number of ketones is 1. The molecule has 1 heterocycles. The Bertz CT molecular complexity index is 370. The van der Waals surface area contributed by atoms with Crippen LogP contribution in [0.3, 0.4) is 0 Å². The van der Waals surface area contributed by atoms with Crippen molar-refractivity contribution in [3.8, 4) is 0 Å². The summed E-state index contributed by atoms with van der Waals surface area (Å²) in [5.74, 6) is 0.312. The van der Waals surface area contributed by atoms with Crippen LogP contribution in [0.4, 0.5) is 0 Å². The van der Waals surface area contributed by atoms with E-state index in [-0.39, 0.29) is 0 Å². The zero-order valence-corrected chi connectivity index (χ0v) is 9.76. The first-order valence-corrected chi connectivity index (χ1v) is 6.73. The molecule has 0 amide bonds. The number of thiophene rings is 1. The predicted molar refractivity (Wildman–Crippen MR) is 61.3 cm³/mol. The molecule has 0 aromatic carbocycles. The van der Waals surface area contributed by atoms with Crippen LogP contribution in [0.5, 0.6) is 0 Å². The molecule has 2 nitrogen and oxygen atoms in total. The Hall–Kier alpha value is -0.320. The Morgan fingerprint density at radius 3 is 2.93 bits per heavy atom. The second-order valence-electron chi connectivity index (χ2n) is 3.35. The first-order chi connectivity index (χ1) is 6.77. The van der Waals surface area contributed by atoms with E-state index < -0.39 is 0 Å². The molecule has 0 unspecified atom stereocenters. The van der Waals surface area contributed by atoms with Crippen LogP contribution in [0.25, 0.3) is 0 Å². The van der Waals surface area contributed by atoms with E-state index in [2.05, 4.69) is 0 Å². The number of Topliss-reactive ketones (excluding diaryl/α,β-unsaturated/α-hetero) is 1. The highest BCUT2D eigenvalue weighted by atomic mass is 32.2. The zero-order chi connectivity index (χ0) is 10.1. The fourth-order valence-corrected chi connectivity index (χ4v) is 3.94. The molecule has 0 atom stereocenters. The molecule has 1 aliphatic rings. The van der Waals surface area contributed by atoms with Gasteiger partial charge in [-0.25, -0.2) is 0 Å². The molecule has 0 bridgehead atoms. The van der Waals surface area contributed by atoms with E-state index in [0.717, 1.165) is 22.6 Å². The first kappa shape index (κ1) is 10.2. The van der Waals surface area contributed by atoms with Crippen molar-refractivity contribution in [2.24, 2.45) is 5.73 Å². The highest BCUT2D eigenvalue weighted by Gasteiger charge is 2.25. The highest BCUT2D eigenvalue weighted by Crippen LogP contribution is 2.38. The predicted octanol–water partition coefficient (Wildman–Crippen LogP) is 2.45. The van der Waals surface area contributed by atoms with Crippen LogP contribution in [-0.2, 0) is 13.0 Å². The number of thioether (sulfide) groups is 1. The van der Waals surface area contributed by atoms with Gasteiger partial charge in [0.25, 0.3) is 0 Å². The lowest BCUT2D eigenvalue weighted by atomic mass is 9.93. The third-order valence-corrected chi connectivity index (χ3v) is 4.91. The minimum absolute atomic E-state index is 0.312. The zero-order valence-electron chi connectivity index (χ0n) is 8.13. The lowest BCUT2D eigenvalue weighted by Crippen LogP contribution is -2.11. The van der Waals surface area contributed by atoms with Gasteiger partial charge >= 0.3 is 0 Å². The minimum Gasteiger partial charge on any atom is -0.326 e. The summed E-state index contributed by atoms with van der Waals surface area (Å²) in [6.07, 6.45) is 4.75. The van der Waals surface area contributed by atoms with Crippen molar-refractivity contribution >= 4 is 28.9 Å². The number of carbonyl (C=O) groups is 1. The summed E-state index contributed by atoms with van der Waals surface area (Å²) in [6, 6.07) is 0. The second kappa shape index (κ2) is 4.04. The van der Waals surface area contributed by atoms with Crippen molar-refractivity contribution in [1.82, 2.24) is 0 Å². The van der Waals surface area contributed by atoms with Gasteiger partial charge in [-0.2, -0.15) is 0 Å². The first-order valence-electron chi connectivity index (χ1n) is 4.69. The average Bonchev–Trinajstić information content (AvgIpc) is 2.57. The summed E-state index contributed by atoms with van der Waals surface area (Å²) in [5.41, 5.74) is 7.89. The van der Waals surface area contributed by atoms with E-state index in [1.807, 2.05) is 6.26 Å². The minimum atomic E-state index is 0.312. The summed E-state index contributed by atoms with van der Waals surface area (Å²) in [7, 11) is 0. The number of nitrogens with two attached hydrogens (primary N) is 1. The quantitative estimate of drug-likeness (QED) is 0.789. The van der Waals surface area contributed by atoms with Crippen molar-refractivity contribution < 1.29 is 4.79 Å². The van der Waals surface area contributed by atoms with Crippen LogP contribution in [0.1, 0.15) is 33.6 Å². The maximum Gasteiger partial charge on any atom is 0.165 e. The van der Waals surface area contributed by atoms with Crippen LogP contribution < -0.4 is 5.73 Å². The molecular weight excluding hydrogens is 214 g/mol. The van der Waals surface area contributed by atoms with Crippen molar-refractivity contribution in [2.75, 3.05) is 6.26 Å². The topological polar surface area (TPSA) is 43.1 Å². The molecule has 0 saturated carbocycles. The summed E-state index contributed by atoms with van der Waals surface area (Å²) in [5, 5.41) is 0. The Morgan fingerprint density at radius 1 is 1.50 bits per heavy atom. The van der Waals surface area contributed by atoms with E-state index in [9.17, 15) is 4.79 Å². The Balaban J connectivity index is 2.55. The van der Waals surface area contributed by atoms with Gasteiger partial charge < -0.3 is 5.73 Å². The van der Waals surface area contributed by atoms with E-state index >= 15 is 0 Å². The molecule has 0 radical (unpaired) electrons. The van der Waals surface area contributed by atoms with Crippen molar-refractivity contribution in [1.29, 1.82) is 0 Å². The maximum atomic E-state index is 11.7. The molecule has 2 N–H and O–H groups in total. The Morgan fingerprint density at radius 2 is 2.29 bits per heavy atom. The number of hydrogen-bond acceptors (Lipinski definition) is 4. The number of rotatable bonds is 2. The van der Waals surface area contributed by atoms with Gasteiger partial charge in [0.05, 0.1) is 4.21 Å². The molecule has 0 spiro atoms. The molecule has 1 aromatic heterocycles. The van der Waals surface area contributed by atoms with Gasteiger partial charge in [-0.15, -0.1) is 23.1 Å². The molecule has 1 aromatic rings. The molecule has 14 heavy (non-hydrogen) atoms. The summed E-state index contributed by atoms with van der Waals surface area (Å²) in [6.45, 7) is 0.570. The third-order valence-electron chi connectivity index (χ3n) is 2.54. The van der Waals surface area contributed by atoms with Gasteiger partial charge in [0, 0.05) is 23.4 Å². The normalized spacial score (nSPS) is 15.7. The highest BCUT2D eigenvalue weighted by molar-refractivity contribution is 8.00. The van der Waals surface area contributed by atoms with Crippen molar-refractivity contribution in [3.05, 3.63) is 16.0 Å². The lowest BCUT2D eigenvalue weighted by Gasteiger charge is -2.12. The number of hydrogen-bond donors (Lipinski definition) is 1. The largest absolute Gasteiger partial charge is 0.326 e. The summed E-state index contributed by atoms with van der Waals surface area (Å²) >= 11 is 3.36. The van der Waals surface area contributed by atoms with Gasteiger partial charge in [-0.1, -0.05) is 0 Å². The molecule has 0 fully saturated rings. The van der Waals surface area contributed by atoms with E-state index in [4.69, 9.17) is 5.73 Å². The van der Waals surface area contributed by atoms with Gasteiger partial charge in [0.15, 0.2) is 5.78 Å². The van der Waals surface area contributed by atoms with Crippen LogP contribution >= 0.6 is 23.1 Å². The van der Waals surface area contributed by atoms with Gasteiger partial charge in [-0.3, -0.25) is 4.79 Å². The fraction of sp³-hybridized carbons (Fsp3) is 0.500. The van der Waals surface area contributed by atoms with Crippen LogP contribution in [0, 0.1) is 0 Å². The molecule has 76 valence electrons. The van der Waals surface area contributed by atoms with Gasteiger partial charge in [0.1, 0.15) is 0 Å². The van der Waals surface area contributed by atoms with E-state index in [1.165, 1.54) is 10.4 Å². The van der Waals surface area contributed by atoms with E-state index in [0.29, 0.717) is 18.7 Å². The second-order valence-corrected chi connectivity index (χ2v) is 5.53. The Kier molecular flexibility index (Phi) is 2.95. The van der Waals surface area contributed by atoms with Crippen molar-refractivity contribution in [3.63, 3.8) is 0 Å². The average molecular weight is 227 g/mol. The van der Waals surface area contributed by atoms with Crippen molar-refractivity contribution in [2.45, 2.75) is 30.0 Å². The molecule has 2 rings (SSSR count). The monoisotopic (exact) mass is 227 g/mol. The molecule has 0 aliphatic heterocycles. The molecule has 4 heteroatoms. The molecule has 1 aliphatic carbocycles. The Labute approximate surface area is 91.9 Å². The van der Waals surface area contributed by atoms with Crippen LogP contribution in [0.15, 0.2) is 4.21 Å². The smallest absolute Gasteiger partial charge is 0.165 e. The summed E-state index contributed by atoms with van der Waals surface area (Å²) in [4.78, 5) is 13.0. The van der Waals surface area contributed by atoms with E-state index in [1.54, 1.807) is 23.1 Å². The summed E-state index contributed by atoms with van der Waals surface area (Å²) < 4.78 is 1.16. The number of fused-ring (bicyclic) bond motifs is 1. The SMILES string of the molecule is CSc1sc(CN)c2c1C(=O)CCC2. The molecular formula is C10H13NOS2. The standard InChI is InChI=1S/C10H13NOS2/c1-13-10-9-6(8(5-11)14-10)3-2-4-7(9)12/h2-5,11H2,1H3. The van der Waals surface area contributed by atoms with Gasteiger partial charge in [-0.05, 0) is 24.7 Å². The fourth-order valence-electron chi connectivity index (χ4n) is 1.89. The third kappa shape index (κ3) is 1.51. The lowest BCUT2D eigenvalue weighted by molar-refractivity contribution is 0.0970. The maximum absolute atomic E-state index is 11.7. The van der Waals surface area contributed by atoms with Crippen LogP contribution in [-0.4, -0.2) is 12.0 Å². The van der Waals surface area contributed by atoms with Gasteiger partial charge in [0.2, 0.25) is 0 Å². The van der Waals surface area contributed by atoms with Crippen LogP contribution in [0.2, 0.25) is 0 Å². The number of carbonyl (C=O) groups excluding carboxylic acids is 1. The molecule has 0 saturated heterocycles.